The third kappa shape index (κ3) is 5.31. The summed E-state index contributed by atoms with van der Waals surface area (Å²) in [6, 6.07) is 9.31. The van der Waals surface area contributed by atoms with Gasteiger partial charge in [0.25, 0.3) is 0 Å². The molecule has 2 aliphatic rings. The molecule has 0 bridgehead atoms. The number of aryl methyl sites for hydroxylation is 1. The van der Waals surface area contributed by atoms with Crippen LogP contribution in [0.15, 0.2) is 24.3 Å². The van der Waals surface area contributed by atoms with Gasteiger partial charge in [-0.3, -0.25) is 4.79 Å². The van der Waals surface area contributed by atoms with Crippen molar-refractivity contribution in [3.63, 3.8) is 0 Å². The highest BCUT2D eigenvalue weighted by atomic mass is 16.5. The van der Waals surface area contributed by atoms with E-state index in [0.29, 0.717) is 24.9 Å². The van der Waals surface area contributed by atoms with Crippen LogP contribution in [-0.2, 0) is 16.0 Å². The van der Waals surface area contributed by atoms with E-state index in [-0.39, 0.29) is 5.97 Å². The highest BCUT2D eigenvalue weighted by Gasteiger charge is 2.37. The van der Waals surface area contributed by atoms with Crippen LogP contribution in [0.25, 0.3) is 0 Å². The molecule has 0 spiro atoms. The lowest BCUT2D eigenvalue weighted by Crippen LogP contribution is -3.18. The van der Waals surface area contributed by atoms with E-state index in [9.17, 15) is 4.79 Å². The Hall–Kier alpha value is -1.35. The zero-order valence-electron chi connectivity index (χ0n) is 15.9. The van der Waals surface area contributed by atoms with Gasteiger partial charge in [-0.25, -0.2) is 0 Å². The van der Waals surface area contributed by atoms with E-state index in [0.717, 1.165) is 12.5 Å². The largest absolute Gasteiger partial charge is 0.465 e. The summed E-state index contributed by atoms with van der Waals surface area (Å²) in [6.45, 7) is 7.55. The van der Waals surface area contributed by atoms with Gasteiger partial charge >= 0.3 is 5.97 Å². The van der Waals surface area contributed by atoms with E-state index < -0.39 is 0 Å². The van der Waals surface area contributed by atoms with Crippen molar-refractivity contribution in [2.24, 2.45) is 11.8 Å². The van der Waals surface area contributed by atoms with E-state index >= 15 is 0 Å². The fraction of sp³-hybridized carbons (Fsp3) is 0.682. The molecule has 3 heteroatoms. The first-order valence-corrected chi connectivity index (χ1v) is 10.2. The number of carbonyl (C=O) groups excluding carboxylic acids is 1. The summed E-state index contributed by atoms with van der Waals surface area (Å²) in [5, 5.41) is 0. The molecule has 0 aliphatic carbocycles. The highest BCUT2D eigenvalue weighted by molar-refractivity contribution is 5.69. The maximum Gasteiger partial charge on any atom is 0.306 e. The van der Waals surface area contributed by atoms with Gasteiger partial charge in [-0.05, 0) is 56.9 Å². The van der Waals surface area contributed by atoms with Crippen molar-refractivity contribution in [3.05, 3.63) is 35.4 Å². The van der Waals surface area contributed by atoms with Gasteiger partial charge in [-0.15, -0.1) is 0 Å². The van der Waals surface area contributed by atoms with E-state index in [1.54, 1.807) is 4.90 Å². The molecule has 25 heavy (non-hydrogen) atoms. The Labute approximate surface area is 152 Å². The van der Waals surface area contributed by atoms with Gasteiger partial charge < -0.3 is 9.64 Å². The first-order chi connectivity index (χ1) is 12.1. The molecule has 1 aromatic rings. The Morgan fingerprint density at radius 3 is 2.92 bits per heavy atom. The van der Waals surface area contributed by atoms with Crippen LogP contribution in [0, 0.1) is 18.8 Å². The van der Waals surface area contributed by atoms with Crippen LogP contribution in [0.5, 0.6) is 0 Å². The summed E-state index contributed by atoms with van der Waals surface area (Å²) in [5.74, 6) is 0.903. The monoisotopic (exact) mass is 344 g/mol. The highest BCUT2D eigenvalue weighted by Crippen LogP contribution is 2.21. The number of quaternary nitrogens is 1. The molecule has 1 aromatic carbocycles. The van der Waals surface area contributed by atoms with Crippen LogP contribution in [-0.4, -0.2) is 31.7 Å². The maximum absolute atomic E-state index is 12.3. The van der Waals surface area contributed by atoms with Crippen molar-refractivity contribution < 1.29 is 14.4 Å². The van der Waals surface area contributed by atoms with Gasteiger partial charge in [-0.2, -0.15) is 0 Å². The Morgan fingerprint density at radius 1 is 1.24 bits per heavy atom. The zero-order chi connectivity index (χ0) is 17.6. The Balaban J connectivity index is 1.42. The van der Waals surface area contributed by atoms with E-state index in [2.05, 4.69) is 38.1 Å². The van der Waals surface area contributed by atoms with Crippen LogP contribution in [0.2, 0.25) is 0 Å². The molecule has 0 saturated carbocycles. The molecule has 1 N–H and O–H groups in total. The summed E-state index contributed by atoms with van der Waals surface area (Å²) >= 11 is 0. The molecule has 2 saturated heterocycles. The Bertz CT molecular complexity index is 569. The quantitative estimate of drug-likeness (QED) is 0.805. The first kappa shape index (κ1) is 18.4. The number of benzene rings is 1. The van der Waals surface area contributed by atoms with Crippen LogP contribution in [0.3, 0.4) is 0 Å². The molecule has 1 unspecified atom stereocenters. The second-order valence-corrected chi connectivity index (χ2v) is 8.35. The van der Waals surface area contributed by atoms with Gasteiger partial charge in [0, 0.05) is 12.3 Å². The topological polar surface area (TPSA) is 30.7 Å². The molecule has 2 fully saturated rings. The zero-order valence-corrected chi connectivity index (χ0v) is 15.9. The minimum atomic E-state index is -0.0110. The third-order valence-corrected chi connectivity index (χ3v) is 6.07. The minimum absolute atomic E-state index is 0.0110. The van der Waals surface area contributed by atoms with Crippen LogP contribution in [0.1, 0.15) is 56.6 Å². The van der Waals surface area contributed by atoms with Gasteiger partial charge in [-0.1, -0.05) is 36.8 Å². The molecule has 4 atom stereocenters. The maximum atomic E-state index is 12.3. The van der Waals surface area contributed by atoms with Gasteiger partial charge in [0.15, 0.2) is 0 Å². The molecule has 0 amide bonds. The minimum Gasteiger partial charge on any atom is -0.465 e. The van der Waals surface area contributed by atoms with Crippen LogP contribution < -0.4 is 4.90 Å². The number of nitrogens with one attached hydrogen (secondary N) is 1. The standard InChI is InChI=1S/C22H33NO2/c1-17-7-5-8-19(13-17)14-18(2)15-22(24)25-16-20-9-6-12-23-11-4-3-10-21(20)23/h5,7-8,13,18,20-21H,3-4,6,9-12,14-16H2,1-2H3/p+1/t18-,20+,21-/m1/s1. The van der Waals surface area contributed by atoms with Gasteiger partial charge in [0.1, 0.15) is 0 Å². The summed E-state index contributed by atoms with van der Waals surface area (Å²) in [7, 11) is 0. The predicted octanol–water partition coefficient (Wildman–Crippen LogP) is 2.95. The fourth-order valence-electron chi connectivity index (χ4n) is 4.83. The molecular formula is C22H34NO2+. The number of carbonyl (C=O) groups is 1. The van der Waals surface area contributed by atoms with E-state index in [4.69, 9.17) is 4.74 Å². The molecular weight excluding hydrogens is 310 g/mol. The lowest BCUT2D eigenvalue weighted by Gasteiger charge is -2.41. The number of ether oxygens (including phenoxy) is 1. The van der Waals surface area contributed by atoms with E-state index in [1.807, 2.05) is 0 Å². The number of piperidine rings is 2. The number of fused-ring (bicyclic) bond motifs is 1. The Morgan fingerprint density at radius 2 is 2.08 bits per heavy atom. The van der Waals surface area contributed by atoms with Gasteiger partial charge in [0.2, 0.25) is 0 Å². The first-order valence-electron chi connectivity index (χ1n) is 10.2. The molecule has 0 radical (unpaired) electrons. The van der Waals surface area contributed by atoms with Crippen LogP contribution >= 0.6 is 0 Å². The molecule has 0 aromatic heterocycles. The van der Waals surface area contributed by atoms with Crippen molar-refractivity contribution >= 4 is 5.97 Å². The van der Waals surface area contributed by atoms with Crippen molar-refractivity contribution in [2.75, 3.05) is 19.7 Å². The smallest absolute Gasteiger partial charge is 0.306 e. The Kier molecular flexibility index (Phi) is 6.52. The summed E-state index contributed by atoms with van der Waals surface area (Å²) in [5.41, 5.74) is 2.60. The average molecular weight is 345 g/mol. The predicted molar refractivity (Wildman–Crippen MR) is 101 cm³/mol. The second-order valence-electron chi connectivity index (χ2n) is 8.35. The second kappa shape index (κ2) is 8.84. The molecule has 3 nitrogen and oxygen atoms in total. The van der Waals surface area contributed by atoms with Crippen molar-refractivity contribution in [1.29, 1.82) is 0 Å². The van der Waals surface area contributed by atoms with Gasteiger partial charge in [0.05, 0.1) is 25.7 Å². The molecule has 138 valence electrons. The normalized spacial score (nSPS) is 27.4. The number of hydrogen-bond acceptors (Lipinski definition) is 2. The molecule has 2 aliphatic heterocycles. The number of esters is 1. The van der Waals surface area contributed by atoms with Crippen LogP contribution in [0.4, 0.5) is 0 Å². The molecule has 3 rings (SSSR count). The summed E-state index contributed by atoms with van der Waals surface area (Å²) in [6.07, 6.45) is 8.04. The summed E-state index contributed by atoms with van der Waals surface area (Å²) in [4.78, 5) is 14.1. The lowest BCUT2D eigenvalue weighted by atomic mass is 9.84. The van der Waals surface area contributed by atoms with Crippen molar-refractivity contribution in [1.82, 2.24) is 0 Å². The van der Waals surface area contributed by atoms with Crippen molar-refractivity contribution in [3.8, 4) is 0 Å². The third-order valence-electron chi connectivity index (χ3n) is 6.07. The lowest BCUT2D eigenvalue weighted by molar-refractivity contribution is -0.940. The number of hydrogen-bond donors (Lipinski definition) is 1. The SMILES string of the molecule is Cc1cccc(C[C@@H](C)CC(=O)OC[C@@H]2CCC[NH+]3CCCC[C@H]23)c1. The van der Waals surface area contributed by atoms with E-state index in [1.165, 1.54) is 56.3 Å². The molecule has 2 heterocycles. The summed E-state index contributed by atoms with van der Waals surface area (Å²) < 4.78 is 5.71. The van der Waals surface area contributed by atoms with Crippen molar-refractivity contribution in [2.45, 2.75) is 64.8 Å². The fourth-order valence-corrected chi connectivity index (χ4v) is 4.83. The number of rotatable bonds is 6. The average Bonchev–Trinajstić information content (AvgIpc) is 2.59.